The number of urea groups is 1. The number of amides is 4. The molecule has 0 radical (unpaired) electrons. The fourth-order valence-electron chi connectivity index (χ4n) is 1.31. The molecule has 0 aliphatic heterocycles. The summed E-state index contributed by atoms with van der Waals surface area (Å²) in [5, 5.41) is 17.8. The van der Waals surface area contributed by atoms with Crippen LogP contribution in [0.3, 0.4) is 0 Å². The van der Waals surface area contributed by atoms with E-state index in [9.17, 15) is 19.2 Å². The van der Waals surface area contributed by atoms with Crippen molar-refractivity contribution >= 4 is 23.8 Å². The minimum atomic E-state index is -1.16. The molecule has 9 heteroatoms. The van der Waals surface area contributed by atoms with Gasteiger partial charge in [0.15, 0.2) is 0 Å². The predicted molar refractivity (Wildman–Crippen MR) is 67.8 cm³/mol. The largest absolute Gasteiger partial charge is 0.480 e. The van der Waals surface area contributed by atoms with Crippen molar-refractivity contribution in [2.45, 2.75) is 12.8 Å². The number of hydrogen-bond acceptors (Lipinski definition) is 4. The van der Waals surface area contributed by atoms with Gasteiger partial charge in [0, 0.05) is 19.0 Å². The van der Waals surface area contributed by atoms with Crippen molar-refractivity contribution in [1.29, 1.82) is 0 Å². The second-order valence-electron chi connectivity index (χ2n) is 4.35. The predicted octanol–water partition coefficient (Wildman–Crippen LogP) is -1.99. The van der Waals surface area contributed by atoms with Gasteiger partial charge in [-0.15, -0.1) is 0 Å². The maximum Gasteiger partial charge on any atom is 0.322 e. The van der Waals surface area contributed by atoms with Crippen LogP contribution in [0.1, 0.15) is 12.8 Å². The Morgan fingerprint density at radius 3 is 2.15 bits per heavy atom. The average Bonchev–Trinajstić information content (AvgIpc) is 3.23. The van der Waals surface area contributed by atoms with E-state index in [-0.39, 0.29) is 24.9 Å². The highest BCUT2D eigenvalue weighted by Crippen LogP contribution is 2.28. The summed E-state index contributed by atoms with van der Waals surface area (Å²) in [5.74, 6) is -1.62. The minimum absolute atomic E-state index is 0.000238. The van der Waals surface area contributed by atoms with Crippen molar-refractivity contribution in [3.05, 3.63) is 0 Å². The lowest BCUT2D eigenvalue weighted by molar-refractivity contribution is -0.137. The van der Waals surface area contributed by atoms with Gasteiger partial charge in [-0.2, -0.15) is 0 Å². The highest BCUT2D eigenvalue weighted by atomic mass is 16.4. The first-order chi connectivity index (χ1) is 9.49. The van der Waals surface area contributed by atoms with Crippen molar-refractivity contribution in [3.63, 3.8) is 0 Å². The van der Waals surface area contributed by atoms with E-state index >= 15 is 0 Å². The molecule has 0 bridgehead atoms. The molecule has 1 saturated carbocycles. The van der Waals surface area contributed by atoms with Crippen molar-refractivity contribution in [3.8, 4) is 0 Å². The molecule has 112 valence electrons. The molecule has 0 spiro atoms. The number of carbonyl (C=O) groups excluding carboxylic acids is 3. The van der Waals surface area contributed by atoms with Crippen LogP contribution in [0.4, 0.5) is 4.79 Å². The van der Waals surface area contributed by atoms with Gasteiger partial charge in [0.05, 0.1) is 6.54 Å². The molecule has 0 aromatic heterocycles. The van der Waals surface area contributed by atoms with E-state index in [1.165, 1.54) is 0 Å². The number of rotatable bonds is 8. The fourth-order valence-corrected chi connectivity index (χ4v) is 1.31. The summed E-state index contributed by atoms with van der Waals surface area (Å²) in [6.07, 6.45) is 1.84. The highest BCUT2D eigenvalue weighted by molar-refractivity contribution is 5.86. The standard InChI is InChI=1S/C11H18N4O5/c16-8(14-6-9(17)18)5-15-11(20)13-4-3-12-10(19)7-1-2-7/h7H,1-6H2,(H,12,19)(H,14,16)(H,17,18)(H2,13,15,20). The Kier molecular flexibility index (Phi) is 6.27. The van der Waals surface area contributed by atoms with Crippen LogP contribution in [0.5, 0.6) is 0 Å². The third-order valence-corrected chi connectivity index (χ3v) is 2.50. The Morgan fingerprint density at radius 2 is 1.55 bits per heavy atom. The van der Waals surface area contributed by atoms with Crippen molar-refractivity contribution in [1.82, 2.24) is 21.3 Å². The van der Waals surface area contributed by atoms with Gasteiger partial charge in [0.25, 0.3) is 0 Å². The normalized spacial score (nSPS) is 13.2. The number of hydrogen-bond donors (Lipinski definition) is 5. The first kappa shape index (κ1) is 15.7. The van der Waals surface area contributed by atoms with Crippen LogP contribution in [0.2, 0.25) is 0 Å². The van der Waals surface area contributed by atoms with Gasteiger partial charge < -0.3 is 26.4 Å². The molecule has 0 aromatic rings. The fraction of sp³-hybridized carbons (Fsp3) is 0.636. The highest BCUT2D eigenvalue weighted by Gasteiger charge is 2.28. The Morgan fingerprint density at radius 1 is 0.900 bits per heavy atom. The maximum absolute atomic E-state index is 11.3. The zero-order valence-electron chi connectivity index (χ0n) is 10.9. The molecule has 1 rings (SSSR count). The Balaban J connectivity index is 1.97. The third-order valence-electron chi connectivity index (χ3n) is 2.50. The van der Waals surface area contributed by atoms with Crippen LogP contribution in [0.15, 0.2) is 0 Å². The Hall–Kier alpha value is -2.32. The van der Waals surface area contributed by atoms with Crippen molar-refractivity contribution in [2.75, 3.05) is 26.2 Å². The molecule has 1 fully saturated rings. The van der Waals surface area contributed by atoms with Crippen molar-refractivity contribution in [2.24, 2.45) is 5.92 Å². The molecular formula is C11H18N4O5. The summed E-state index contributed by atoms with van der Waals surface area (Å²) in [4.78, 5) is 43.8. The van der Waals surface area contributed by atoms with Gasteiger partial charge in [-0.3, -0.25) is 14.4 Å². The Labute approximate surface area is 115 Å². The van der Waals surface area contributed by atoms with E-state index < -0.39 is 24.5 Å². The van der Waals surface area contributed by atoms with Gasteiger partial charge in [0.2, 0.25) is 11.8 Å². The smallest absolute Gasteiger partial charge is 0.322 e. The van der Waals surface area contributed by atoms with Gasteiger partial charge in [-0.1, -0.05) is 0 Å². The summed E-state index contributed by atoms with van der Waals surface area (Å²) in [6, 6.07) is -0.559. The Bertz CT molecular complexity index is 394. The summed E-state index contributed by atoms with van der Waals surface area (Å²) < 4.78 is 0. The molecular weight excluding hydrogens is 268 g/mol. The second kappa shape index (κ2) is 7.97. The molecule has 20 heavy (non-hydrogen) atoms. The molecule has 4 amide bonds. The zero-order valence-corrected chi connectivity index (χ0v) is 10.9. The van der Waals surface area contributed by atoms with E-state index in [0.717, 1.165) is 12.8 Å². The molecule has 0 saturated heterocycles. The van der Waals surface area contributed by atoms with E-state index in [1.54, 1.807) is 0 Å². The van der Waals surface area contributed by atoms with Crippen LogP contribution >= 0.6 is 0 Å². The lowest BCUT2D eigenvalue weighted by Gasteiger charge is -2.08. The van der Waals surface area contributed by atoms with E-state index in [1.807, 2.05) is 0 Å². The molecule has 1 aliphatic carbocycles. The van der Waals surface area contributed by atoms with E-state index in [0.29, 0.717) is 6.54 Å². The summed E-state index contributed by atoms with van der Waals surface area (Å²) in [5.41, 5.74) is 0. The van der Waals surface area contributed by atoms with Gasteiger partial charge >= 0.3 is 12.0 Å². The molecule has 0 heterocycles. The third kappa shape index (κ3) is 7.19. The van der Waals surface area contributed by atoms with Gasteiger partial charge in [-0.05, 0) is 12.8 Å². The SMILES string of the molecule is O=C(O)CNC(=O)CNC(=O)NCCNC(=O)C1CC1. The number of carboxylic acid groups (broad SMARTS) is 1. The number of aliphatic carboxylic acids is 1. The lowest BCUT2D eigenvalue weighted by atomic mass is 10.4. The number of carboxylic acids is 1. The maximum atomic E-state index is 11.3. The quantitative estimate of drug-likeness (QED) is 0.329. The average molecular weight is 286 g/mol. The molecule has 0 unspecified atom stereocenters. The zero-order chi connectivity index (χ0) is 15.0. The first-order valence-corrected chi connectivity index (χ1v) is 6.27. The van der Waals surface area contributed by atoms with Crippen LogP contribution in [0, 0.1) is 5.92 Å². The van der Waals surface area contributed by atoms with Crippen molar-refractivity contribution < 1.29 is 24.3 Å². The van der Waals surface area contributed by atoms with Gasteiger partial charge in [0.1, 0.15) is 6.54 Å². The molecule has 0 atom stereocenters. The van der Waals surface area contributed by atoms with Crippen LogP contribution < -0.4 is 21.3 Å². The number of nitrogens with one attached hydrogen (secondary N) is 4. The second-order valence-corrected chi connectivity index (χ2v) is 4.35. The van der Waals surface area contributed by atoms with E-state index in [2.05, 4.69) is 21.3 Å². The van der Waals surface area contributed by atoms with E-state index in [4.69, 9.17) is 5.11 Å². The summed E-state index contributed by atoms with van der Waals surface area (Å²) in [7, 11) is 0. The van der Waals surface area contributed by atoms with Crippen LogP contribution in [-0.2, 0) is 14.4 Å². The number of carbonyl (C=O) groups is 4. The molecule has 9 nitrogen and oxygen atoms in total. The van der Waals surface area contributed by atoms with Crippen LogP contribution in [0.25, 0.3) is 0 Å². The molecule has 5 N–H and O–H groups in total. The lowest BCUT2D eigenvalue weighted by Crippen LogP contribution is -2.45. The first-order valence-electron chi connectivity index (χ1n) is 6.27. The minimum Gasteiger partial charge on any atom is -0.480 e. The monoisotopic (exact) mass is 286 g/mol. The topological polar surface area (TPSA) is 137 Å². The molecule has 0 aromatic carbocycles. The summed E-state index contributed by atoms with van der Waals surface area (Å²) >= 11 is 0. The summed E-state index contributed by atoms with van der Waals surface area (Å²) in [6.45, 7) is -0.224. The molecule has 1 aliphatic rings. The van der Waals surface area contributed by atoms with Crippen LogP contribution in [-0.4, -0.2) is 55.1 Å². The van der Waals surface area contributed by atoms with Gasteiger partial charge in [-0.25, -0.2) is 4.79 Å².